The average molecular weight is 218 g/mol. The highest BCUT2D eigenvalue weighted by atomic mass is 19.3. The number of nitrogens with one attached hydrogen (secondary N) is 1. The standard InChI is InChI=1S/C7H4F2N2O4/c8-6(9)4-5(11(14)15)3(2-12)1-10-7(4)13/h1-2,6H,(H,10,13). The number of carbonyl (C=O) groups excluding carboxylic acids is 1. The first-order valence-electron chi connectivity index (χ1n) is 3.62. The number of hydrogen-bond acceptors (Lipinski definition) is 4. The minimum Gasteiger partial charge on any atom is -0.327 e. The lowest BCUT2D eigenvalue weighted by Crippen LogP contribution is -2.17. The van der Waals surface area contributed by atoms with Crippen molar-refractivity contribution in [2.45, 2.75) is 6.43 Å². The van der Waals surface area contributed by atoms with Crippen LogP contribution in [0.5, 0.6) is 0 Å². The number of nitrogens with zero attached hydrogens (tertiary/aromatic N) is 1. The van der Waals surface area contributed by atoms with Crippen molar-refractivity contribution in [3.05, 3.63) is 37.8 Å². The fourth-order valence-electron chi connectivity index (χ4n) is 1.05. The number of halogens is 2. The molecule has 1 heterocycles. The van der Waals surface area contributed by atoms with Gasteiger partial charge in [0, 0.05) is 6.20 Å². The van der Waals surface area contributed by atoms with Crippen molar-refractivity contribution in [2.24, 2.45) is 0 Å². The highest BCUT2D eigenvalue weighted by Crippen LogP contribution is 2.27. The van der Waals surface area contributed by atoms with Gasteiger partial charge in [-0.15, -0.1) is 0 Å². The summed E-state index contributed by atoms with van der Waals surface area (Å²) < 4.78 is 24.6. The van der Waals surface area contributed by atoms with Crippen LogP contribution in [0.2, 0.25) is 0 Å². The van der Waals surface area contributed by atoms with E-state index >= 15 is 0 Å². The Bertz CT molecular complexity index is 469. The van der Waals surface area contributed by atoms with E-state index in [4.69, 9.17) is 0 Å². The first-order valence-corrected chi connectivity index (χ1v) is 3.62. The molecule has 15 heavy (non-hydrogen) atoms. The maximum atomic E-state index is 12.3. The topological polar surface area (TPSA) is 93.1 Å². The molecule has 1 aromatic rings. The first kappa shape index (κ1) is 11.0. The first-order chi connectivity index (χ1) is 6.99. The van der Waals surface area contributed by atoms with Gasteiger partial charge in [-0.25, -0.2) is 8.78 Å². The monoisotopic (exact) mass is 218 g/mol. The van der Waals surface area contributed by atoms with Crippen LogP contribution in [-0.4, -0.2) is 16.2 Å². The van der Waals surface area contributed by atoms with E-state index in [1.54, 1.807) is 0 Å². The number of aldehydes is 1. The largest absolute Gasteiger partial charge is 0.327 e. The zero-order chi connectivity index (χ0) is 11.6. The summed E-state index contributed by atoms with van der Waals surface area (Å²) in [6, 6.07) is 0. The molecule has 0 bridgehead atoms. The van der Waals surface area contributed by atoms with E-state index in [1.807, 2.05) is 4.98 Å². The van der Waals surface area contributed by atoms with E-state index in [2.05, 4.69) is 0 Å². The number of hydrogen-bond donors (Lipinski definition) is 1. The van der Waals surface area contributed by atoms with Crippen LogP contribution in [0.1, 0.15) is 22.3 Å². The third-order valence-corrected chi connectivity index (χ3v) is 1.66. The lowest BCUT2D eigenvalue weighted by molar-refractivity contribution is -0.386. The van der Waals surface area contributed by atoms with Gasteiger partial charge in [-0.2, -0.15) is 0 Å². The molecule has 0 aliphatic heterocycles. The van der Waals surface area contributed by atoms with Crippen LogP contribution >= 0.6 is 0 Å². The van der Waals surface area contributed by atoms with Crippen LogP contribution in [0.3, 0.4) is 0 Å². The van der Waals surface area contributed by atoms with Crippen LogP contribution in [0.15, 0.2) is 11.0 Å². The minimum absolute atomic E-state index is 0.0277. The molecule has 0 fully saturated rings. The average Bonchev–Trinajstić information content (AvgIpc) is 2.16. The summed E-state index contributed by atoms with van der Waals surface area (Å²) in [6.45, 7) is 0. The number of nitro groups is 1. The summed E-state index contributed by atoms with van der Waals surface area (Å²) in [5, 5.41) is 10.4. The van der Waals surface area contributed by atoms with Crippen molar-refractivity contribution < 1.29 is 18.5 Å². The Labute approximate surface area is 80.7 Å². The Morgan fingerprint density at radius 3 is 2.53 bits per heavy atom. The fourth-order valence-corrected chi connectivity index (χ4v) is 1.05. The fraction of sp³-hybridized carbons (Fsp3) is 0.143. The molecule has 0 radical (unpaired) electrons. The number of aromatic nitrogens is 1. The third kappa shape index (κ3) is 1.87. The van der Waals surface area contributed by atoms with Gasteiger partial charge in [-0.1, -0.05) is 0 Å². The maximum Gasteiger partial charge on any atom is 0.295 e. The number of alkyl halides is 2. The normalized spacial score (nSPS) is 10.3. The minimum atomic E-state index is -3.31. The number of rotatable bonds is 3. The molecular weight excluding hydrogens is 214 g/mol. The zero-order valence-electron chi connectivity index (χ0n) is 7.07. The van der Waals surface area contributed by atoms with E-state index in [-0.39, 0.29) is 6.29 Å². The Morgan fingerprint density at radius 2 is 2.13 bits per heavy atom. The van der Waals surface area contributed by atoms with Crippen LogP contribution in [0.4, 0.5) is 14.5 Å². The van der Waals surface area contributed by atoms with Gasteiger partial charge in [-0.05, 0) is 0 Å². The molecule has 1 N–H and O–H groups in total. The second-order valence-corrected chi connectivity index (χ2v) is 2.51. The van der Waals surface area contributed by atoms with Crippen LogP contribution in [0, 0.1) is 10.1 Å². The van der Waals surface area contributed by atoms with Gasteiger partial charge in [-0.3, -0.25) is 19.7 Å². The maximum absolute atomic E-state index is 12.3. The molecule has 0 amide bonds. The Balaban J connectivity index is 3.66. The molecule has 0 unspecified atom stereocenters. The molecule has 0 aliphatic carbocycles. The molecule has 0 saturated carbocycles. The van der Waals surface area contributed by atoms with Crippen molar-refractivity contribution >= 4 is 12.0 Å². The lowest BCUT2D eigenvalue weighted by atomic mass is 10.1. The highest BCUT2D eigenvalue weighted by Gasteiger charge is 2.29. The van der Waals surface area contributed by atoms with Gasteiger partial charge in [0.2, 0.25) is 0 Å². The van der Waals surface area contributed by atoms with Gasteiger partial charge in [0.25, 0.3) is 17.7 Å². The zero-order valence-corrected chi connectivity index (χ0v) is 7.07. The second kappa shape index (κ2) is 3.95. The SMILES string of the molecule is O=Cc1c[nH]c(=O)c(C(F)F)c1[N+](=O)[O-]. The smallest absolute Gasteiger partial charge is 0.295 e. The van der Waals surface area contributed by atoms with Gasteiger partial charge in [0.15, 0.2) is 11.8 Å². The van der Waals surface area contributed by atoms with Crippen molar-refractivity contribution in [3.8, 4) is 0 Å². The van der Waals surface area contributed by atoms with Crippen LogP contribution in [0.25, 0.3) is 0 Å². The van der Waals surface area contributed by atoms with E-state index in [9.17, 15) is 28.5 Å². The third-order valence-electron chi connectivity index (χ3n) is 1.66. The summed E-state index contributed by atoms with van der Waals surface area (Å²) in [6.07, 6.45) is -2.56. The summed E-state index contributed by atoms with van der Waals surface area (Å²) in [7, 11) is 0. The molecule has 0 atom stereocenters. The van der Waals surface area contributed by atoms with Gasteiger partial charge >= 0.3 is 0 Å². The number of pyridine rings is 1. The molecule has 1 rings (SSSR count). The highest BCUT2D eigenvalue weighted by molar-refractivity contribution is 5.81. The second-order valence-electron chi connectivity index (χ2n) is 2.51. The molecule has 0 saturated heterocycles. The van der Waals surface area contributed by atoms with Crippen molar-refractivity contribution in [3.63, 3.8) is 0 Å². The van der Waals surface area contributed by atoms with Crippen molar-refractivity contribution in [2.75, 3.05) is 0 Å². The van der Waals surface area contributed by atoms with Gasteiger partial charge in [0.05, 0.1) is 4.92 Å². The van der Waals surface area contributed by atoms with Crippen molar-refractivity contribution in [1.82, 2.24) is 4.98 Å². The van der Waals surface area contributed by atoms with E-state index < -0.39 is 33.7 Å². The summed E-state index contributed by atoms with van der Waals surface area (Å²) >= 11 is 0. The van der Waals surface area contributed by atoms with Gasteiger partial charge in [0.1, 0.15) is 5.56 Å². The number of carbonyl (C=O) groups is 1. The van der Waals surface area contributed by atoms with Gasteiger partial charge < -0.3 is 4.98 Å². The predicted octanol–water partition coefficient (Wildman–Crippen LogP) is 1.03. The quantitative estimate of drug-likeness (QED) is 0.465. The number of aromatic amines is 1. The molecule has 1 aromatic heterocycles. The van der Waals surface area contributed by atoms with E-state index in [1.165, 1.54) is 0 Å². The van der Waals surface area contributed by atoms with E-state index in [0.717, 1.165) is 6.20 Å². The summed E-state index contributed by atoms with van der Waals surface area (Å²) in [5.74, 6) is 0. The Morgan fingerprint density at radius 1 is 1.53 bits per heavy atom. The van der Waals surface area contributed by atoms with Crippen LogP contribution in [-0.2, 0) is 0 Å². The molecule has 6 nitrogen and oxygen atoms in total. The summed E-state index contributed by atoms with van der Waals surface area (Å²) in [5.41, 5.74) is -4.31. The Hall–Kier alpha value is -2.12. The molecular formula is C7H4F2N2O4. The molecule has 0 aromatic carbocycles. The van der Waals surface area contributed by atoms with Crippen LogP contribution < -0.4 is 5.56 Å². The predicted molar refractivity (Wildman–Crippen MR) is 44.1 cm³/mol. The Kier molecular flexibility index (Phi) is 2.88. The molecule has 0 aliphatic rings. The molecule has 8 heteroatoms. The summed E-state index contributed by atoms with van der Waals surface area (Å²) in [4.78, 5) is 32.3. The molecule has 0 spiro atoms. The molecule has 80 valence electrons. The van der Waals surface area contributed by atoms with E-state index in [0.29, 0.717) is 0 Å². The number of H-pyrrole nitrogens is 1. The lowest BCUT2D eigenvalue weighted by Gasteiger charge is -2.01. The van der Waals surface area contributed by atoms with Crippen molar-refractivity contribution in [1.29, 1.82) is 0 Å².